The maximum absolute atomic E-state index is 13.3. The first-order chi connectivity index (χ1) is 15.6. The number of para-hydroxylation sites is 1. The molecule has 162 valence electrons. The van der Waals surface area contributed by atoms with E-state index in [1.54, 1.807) is 22.2 Å². The molecule has 2 aromatic heterocycles. The lowest BCUT2D eigenvalue weighted by Crippen LogP contribution is -2.40. The van der Waals surface area contributed by atoms with Gasteiger partial charge in [-0.1, -0.05) is 42.5 Å². The predicted octanol–water partition coefficient (Wildman–Crippen LogP) is 4.72. The zero-order valence-corrected chi connectivity index (χ0v) is 18.8. The number of carbonyl (C=O) groups excluding carboxylic acids is 1. The van der Waals surface area contributed by atoms with Gasteiger partial charge in [-0.05, 0) is 54.0 Å². The third-order valence-corrected chi connectivity index (χ3v) is 7.24. The number of rotatable bonds is 5. The SMILES string of the molecule is Cc1cccc2c(=O)n(CCCC(=O)N3CCc4sccc4[C@@H]3c3ccccc3)cnc12. The summed E-state index contributed by atoms with van der Waals surface area (Å²) in [6.07, 6.45) is 3.51. The molecule has 0 unspecified atom stereocenters. The number of amides is 1. The number of aromatic nitrogens is 2. The first-order valence-electron chi connectivity index (χ1n) is 11.0. The minimum Gasteiger partial charge on any atom is -0.331 e. The second-order valence-electron chi connectivity index (χ2n) is 8.27. The molecule has 5 nitrogen and oxygen atoms in total. The molecule has 2 aromatic carbocycles. The minimum atomic E-state index is -0.0470. The van der Waals surface area contributed by atoms with Gasteiger partial charge in [0.2, 0.25) is 5.91 Å². The van der Waals surface area contributed by atoms with E-state index in [2.05, 4.69) is 28.6 Å². The molecule has 0 fully saturated rings. The average Bonchev–Trinajstić information content (AvgIpc) is 3.30. The molecular weight excluding hydrogens is 418 g/mol. The highest BCUT2D eigenvalue weighted by Crippen LogP contribution is 2.38. The van der Waals surface area contributed by atoms with E-state index in [0.717, 1.165) is 29.6 Å². The van der Waals surface area contributed by atoms with Gasteiger partial charge in [-0.15, -0.1) is 11.3 Å². The maximum atomic E-state index is 13.3. The standard InChI is InChI=1S/C26H25N3O2S/c1-18-7-5-10-21-24(18)27-17-28(26(21)31)14-6-11-23(30)29-15-12-22-20(13-16-32-22)25(29)19-8-3-2-4-9-19/h2-5,7-10,13,16-17,25H,6,11-12,14-15H2,1H3/t25-/m0/s1. The summed E-state index contributed by atoms with van der Waals surface area (Å²) >= 11 is 1.77. The molecule has 0 spiro atoms. The van der Waals surface area contributed by atoms with Crippen molar-refractivity contribution in [3.05, 3.63) is 98.2 Å². The van der Waals surface area contributed by atoms with Crippen LogP contribution in [0.25, 0.3) is 10.9 Å². The lowest BCUT2D eigenvalue weighted by molar-refractivity contribution is -0.133. The molecule has 0 N–H and O–H groups in total. The fraction of sp³-hybridized carbons (Fsp3) is 0.269. The first kappa shape index (κ1) is 20.6. The van der Waals surface area contributed by atoms with E-state index in [-0.39, 0.29) is 17.5 Å². The van der Waals surface area contributed by atoms with Crippen molar-refractivity contribution < 1.29 is 4.79 Å². The number of nitrogens with zero attached hydrogens (tertiary/aromatic N) is 3. The highest BCUT2D eigenvalue weighted by atomic mass is 32.1. The van der Waals surface area contributed by atoms with E-state index < -0.39 is 0 Å². The van der Waals surface area contributed by atoms with Gasteiger partial charge in [0, 0.05) is 24.4 Å². The number of hydrogen-bond acceptors (Lipinski definition) is 4. The molecular formula is C26H25N3O2S. The van der Waals surface area contributed by atoms with Gasteiger partial charge in [-0.3, -0.25) is 14.2 Å². The van der Waals surface area contributed by atoms with E-state index in [9.17, 15) is 9.59 Å². The largest absolute Gasteiger partial charge is 0.331 e. The van der Waals surface area contributed by atoms with Crippen LogP contribution in [0.5, 0.6) is 0 Å². The summed E-state index contributed by atoms with van der Waals surface area (Å²) in [5.74, 6) is 0.133. The summed E-state index contributed by atoms with van der Waals surface area (Å²) in [5.41, 5.74) is 4.08. The molecule has 1 aliphatic rings. The van der Waals surface area contributed by atoms with E-state index in [1.807, 2.05) is 48.2 Å². The van der Waals surface area contributed by atoms with Crippen LogP contribution in [0.15, 0.2) is 71.1 Å². The van der Waals surface area contributed by atoms with Gasteiger partial charge in [-0.25, -0.2) is 4.98 Å². The van der Waals surface area contributed by atoms with Crippen molar-refractivity contribution in [2.75, 3.05) is 6.54 Å². The van der Waals surface area contributed by atoms with E-state index >= 15 is 0 Å². The van der Waals surface area contributed by atoms with Crippen molar-refractivity contribution in [2.24, 2.45) is 0 Å². The Labute approximate surface area is 191 Å². The molecule has 6 heteroatoms. The van der Waals surface area contributed by atoms with E-state index in [4.69, 9.17) is 0 Å². The van der Waals surface area contributed by atoms with Crippen LogP contribution >= 0.6 is 11.3 Å². The molecule has 0 saturated carbocycles. The molecule has 0 bridgehead atoms. The van der Waals surface area contributed by atoms with Gasteiger partial charge >= 0.3 is 0 Å². The number of carbonyl (C=O) groups is 1. The van der Waals surface area contributed by atoms with Crippen LogP contribution in [-0.4, -0.2) is 26.9 Å². The average molecular weight is 444 g/mol. The Balaban J connectivity index is 1.32. The quantitative estimate of drug-likeness (QED) is 0.448. The van der Waals surface area contributed by atoms with Crippen LogP contribution in [0.4, 0.5) is 0 Å². The third kappa shape index (κ3) is 3.75. The Morgan fingerprint density at radius 1 is 1.12 bits per heavy atom. The molecule has 0 radical (unpaired) electrons. The molecule has 32 heavy (non-hydrogen) atoms. The van der Waals surface area contributed by atoms with Crippen molar-refractivity contribution in [3.63, 3.8) is 0 Å². The van der Waals surface area contributed by atoms with E-state index in [1.165, 1.54) is 10.4 Å². The lowest BCUT2D eigenvalue weighted by Gasteiger charge is -2.36. The Hall–Kier alpha value is -3.25. The van der Waals surface area contributed by atoms with Gasteiger partial charge < -0.3 is 4.90 Å². The van der Waals surface area contributed by atoms with Crippen LogP contribution < -0.4 is 5.56 Å². The van der Waals surface area contributed by atoms with Crippen molar-refractivity contribution in [2.45, 2.75) is 38.8 Å². The van der Waals surface area contributed by atoms with Gasteiger partial charge in [0.05, 0.1) is 23.3 Å². The summed E-state index contributed by atoms with van der Waals surface area (Å²) in [6.45, 7) is 3.16. The Morgan fingerprint density at radius 2 is 1.97 bits per heavy atom. The van der Waals surface area contributed by atoms with Gasteiger partial charge in [-0.2, -0.15) is 0 Å². The molecule has 1 atom stereocenters. The van der Waals surface area contributed by atoms with Crippen LogP contribution in [0, 0.1) is 6.92 Å². The molecule has 5 rings (SSSR count). The fourth-order valence-corrected chi connectivity index (χ4v) is 5.52. The molecule has 3 heterocycles. The van der Waals surface area contributed by atoms with E-state index in [0.29, 0.717) is 24.8 Å². The smallest absolute Gasteiger partial charge is 0.261 e. The summed E-state index contributed by atoms with van der Waals surface area (Å²) in [4.78, 5) is 33.9. The Bertz CT molecular complexity index is 1330. The molecule has 1 aliphatic heterocycles. The normalized spacial score (nSPS) is 15.7. The van der Waals surface area contributed by atoms with Gasteiger partial charge in [0.25, 0.3) is 5.56 Å². The zero-order valence-electron chi connectivity index (χ0n) is 18.0. The first-order valence-corrected chi connectivity index (χ1v) is 11.9. The number of hydrogen-bond donors (Lipinski definition) is 0. The third-order valence-electron chi connectivity index (χ3n) is 6.25. The maximum Gasteiger partial charge on any atom is 0.261 e. The lowest BCUT2D eigenvalue weighted by atomic mass is 9.93. The minimum absolute atomic E-state index is 0.0354. The molecule has 4 aromatic rings. The summed E-state index contributed by atoms with van der Waals surface area (Å²) in [6, 6.07) is 18.0. The summed E-state index contributed by atoms with van der Waals surface area (Å²) < 4.78 is 1.62. The van der Waals surface area contributed by atoms with Crippen LogP contribution in [0.1, 0.15) is 40.5 Å². The monoisotopic (exact) mass is 443 g/mol. The number of fused-ring (bicyclic) bond motifs is 2. The topological polar surface area (TPSA) is 55.2 Å². The second-order valence-corrected chi connectivity index (χ2v) is 9.27. The highest BCUT2D eigenvalue weighted by molar-refractivity contribution is 7.10. The van der Waals surface area contributed by atoms with Crippen LogP contribution in [0.3, 0.4) is 0 Å². The summed E-state index contributed by atoms with van der Waals surface area (Å²) in [7, 11) is 0. The van der Waals surface area contributed by atoms with Crippen LogP contribution in [0.2, 0.25) is 0 Å². The molecule has 0 saturated heterocycles. The van der Waals surface area contributed by atoms with Gasteiger partial charge in [0.15, 0.2) is 0 Å². The molecule has 1 amide bonds. The second kappa shape index (κ2) is 8.71. The van der Waals surface area contributed by atoms with Crippen molar-refractivity contribution in [3.8, 4) is 0 Å². The Morgan fingerprint density at radius 3 is 2.81 bits per heavy atom. The highest BCUT2D eigenvalue weighted by Gasteiger charge is 2.32. The molecule has 0 aliphatic carbocycles. The number of benzene rings is 2. The number of aryl methyl sites for hydroxylation is 2. The predicted molar refractivity (Wildman–Crippen MR) is 128 cm³/mol. The number of thiophene rings is 1. The zero-order chi connectivity index (χ0) is 22.1. The Kier molecular flexibility index (Phi) is 5.62. The van der Waals surface area contributed by atoms with Crippen molar-refractivity contribution in [1.29, 1.82) is 0 Å². The van der Waals surface area contributed by atoms with Gasteiger partial charge in [0.1, 0.15) is 0 Å². The van der Waals surface area contributed by atoms with Crippen LogP contribution in [-0.2, 0) is 17.8 Å². The van der Waals surface area contributed by atoms with Crippen molar-refractivity contribution >= 4 is 28.1 Å². The summed E-state index contributed by atoms with van der Waals surface area (Å²) in [5, 5.41) is 2.75. The van der Waals surface area contributed by atoms with Crippen molar-refractivity contribution in [1.82, 2.24) is 14.5 Å². The fourth-order valence-electron chi connectivity index (χ4n) is 4.62.